The Hall–Kier alpha value is -1.82. The number of halogens is 1. The van der Waals surface area contributed by atoms with Gasteiger partial charge in [-0.25, -0.2) is 0 Å². The van der Waals surface area contributed by atoms with Crippen molar-refractivity contribution in [3.63, 3.8) is 0 Å². The number of carbonyl (C=O) groups excluding carboxylic acids is 1. The topological polar surface area (TPSA) is 35.6 Å². The standard InChI is InChI=1S/C18H20ClN3OS/c1-21-7-9-22(10-8-21)17-4-3-15(19)12-16(17)20-18(23)5-2-14-6-11-24-13-14/h2-6,11-13H,7-10H2,1H3,(H,20,23). The lowest BCUT2D eigenvalue weighted by Gasteiger charge is -2.35. The molecule has 2 aromatic rings. The zero-order valence-corrected chi connectivity index (χ0v) is 15.1. The van der Waals surface area contributed by atoms with Gasteiger partial charge in [0.1, 0.15) is 0 Å². The third-order valence-electron chi connectivity index (χ3n) is 4.03. The SMILES string of the molecule is CN1CCN(c2ccc(Cl)cc2NC(=O)C=Cc2ccsc2)CC1. The number of benzene rings is 1. The zero-order chi connectivity index (χ0) is 16.9. The molecule has 2 heterocycles. The van der Waals surface area contributed by atoms with Crippen LogP contribution in [0, 0.1) is 0 Å². The van der Waals surface area contributed by atoms with Crippen molar-refractivity contribution in [2.75, 3.05) is 43.4 Å². The van der Waals surface area contributed by atoms with Crippen LogP contribution in [0.15, 0.2) is 41.1 Å². The highest BCUT2D eigenvalue weighted by Crippen LogP contribution is 2.30. The van der Waals surface area contributed by atoms with E-state index < -0.39 is 0 Å². The zero-order valence-electron chi connectivity index (χ0n) is 13.5. The first-order valence-electron chi connectivity index (χ1n) is 7.86. The molecule has 0 bridgehead atoms. The molecule has 0 aliphatic carbocycles. The fourth-order valence-corrected chi connectivity index (χ4v) is 3.45. The minimum Gasteiger partial charge on any atom is -0.367 e. The predicted octanol–water partition coefficient (Wildman–Crippen LogP) is 3.81. The van der Waals surface area contributed by atoms with E-state index in [1.165, 1.54) is 0 Å². The van der Waals surface area contributed by atoms with Crippen LogP contribution in [0.25, 0.3) is 6.08 Å². The van der Waals surface area contributed by atoms with Crippen LogP contribution in [0.2, 0.25) is 5.02 Å². The quantitative estimate of drug-likeness (QED) is 0.841. The average Bonchev–Trinajstić information content (AvgIpc) is 3.08. The number of nitrogens with zero attached hydrogens (tertiary/aromatic N) is 2. The molecule has 126 valence electrons. The van der Waals surface area contributed by atoms with E-state index in [1.807, 2.05) is 41.1 Å². The van der Waals surface area contributed by atoms with Gasteiger partial charge in [-0.05, 0) is 53.7 Å². The van der Waals surface area contributed by atoms with E-state index in [2.05, 4.69) is 22.2 Å². The summed E-state index contributed by atoms with van der Waals surface area (Å²) in [6.45, 7) is 3.89. The smallest absolute Gasteiger partial charge is 0.248 e. The van der Waals surface area contributed by atoms with Gasteiger partial charge in [-0.15, -0.1) is 0 Å². The molecule has 4 nitrogen and oxygen atoms in total. The van der Waals surface area contributed by atoms with Gasteiger partial charge in [-0.3, -0.25) is 4.79 Å². The Bertz CT molecular complexity index is 722. The summed E-state index contributed by atoms with van der Waals surface area (Å²) in [5.74, 6) is -0.154. The number of likely N-dealkylation sites (N-methyl/N-ethyl adjacent to an activating group) is 1. The Morgan fingerprint density at radius 1 is 1.25 bits per heavy atom. The Balaban J connectivity index is 1.74. The Morgan fingerprint density at radius 2 is 2.04 bits per heavy atom. The molecule has 6 heteroatoms. The monoisotopic (exact) mass is 361 g/mol. The minimum absolute atomic E-state index is 0.154. The molecule has 0 saturated carbocycles. The van der Waals surface area contributed by atoms with E-state index in [0.717, 1.165) is 43.1 Å². The van der Waals surface area contributed by atoms with Gasteiger partial charge in [-0.2, -0.15) is 11.3 Å². The summed E-state index contributed by atoms with van der Waals surface area (Å²) in [7, 11) is 2.12. The van der Waals surface area contributed by atoms with Crippen LogP contribution >= 0.6 is 22.9 Å². The molecular weight excluding hydrogens is 342 g/mol. The molecule has 1 N–H and O–H groups in total. The first kappa shape index (κ1) is 17.0. The molecule has 1 fully saturated rings. The van der Waals surface area contributed by atoms with Gasteiger partial charge in [0.25, 0.3) is 0 Å². The van der Waals surface area contributed by atoms with Crippen LogP contribution in [-0.2, 0) is 4.79 Å². The van der Waals surface area contributed by atoms with Crippen LogP contribution in [0.5, 0.6) is 0 Å². The van der Waals surface area contributed by atoms with Gasteiger partial charge in [0.15, 0.2) is 0 Å². The molecule has 1 aromatic carbocycles. The van der Waals surface area contributed by atoms with Gasteiger partial charge in [0.2, 0.25) is 5.91 Å². The number of amides is 1. The summed E-state index contributed by atoms with van der Waals surface area (Å²) in [6.07, 6.45) is 3.36. The maximum atomic E-state index is 12.2. The number of hydrogen-bond acceptors (Lipinski definition) is 4. The van der Waals surface area contributed by atoms with Crippen molar-refractivity contribution < 1.29 is 4.79 Å². The number of anilines is 2. The molecule has 0 spiro atoms. The van der Waals surface area contributed by atoms with E-state index in [4.69, 9.17) is 11.6 Å². The van der Waals surface area contributed by atoms with Gasteiger partial charge in [0.05, 0.1) is 11.4 Å². The van der Waals surface area contributed by atoms with Crippen molar-refractivity contribution in [3.8, 4) is 0 Å². The van der Waals surface area contributed by atoms with Gasteiger partial charge < -0.3 is 15.1 Å². The number of rotatable bonds is 4. The summed E-state index contributed by atoms with van der Waals surface area (Å²) in [4.78, 5) is 16.8. The van der Waals surface area contributed by atoms with E-state index in [0.29, 0.717) is 5.02 Å². The summed E-state index contributed by atoms with van der Waals surface area (Å²) in [5, 5.41) is 7.56. The highest BCUT2D eigenvalue weighted by atomic mass is 35.5. The van der Waals surface area contributed by atoms with Crippen LogP contribution in [0.4, 0.5) is 11.4 Å². The lowest BCUT2D eigenvalue weighted by atomic mass is 10.2. The third-order valence-corrected chi connectivity index (χ3v) is 4.97. The molecule has 1 amide bonds. The first-order valence-corrected chi connectivity index (χ1v) is 9.18. The predicted molar refractivity (Wildman–Crippen MR) is 103 cm³/mol. The maximum absolute atomic E-state index is 12.2. The number of nitrogens with one attached hydrogen (secondary N) is 1. The Labute approximate surface area is 151 Å². The molecular formula is C18H20ClN3OS. The fourth-order valence-electron chi connectivity index (χ4n) is 2.65. The van der Waals surface area contributed by atoms with Crippen LogP contribution in [-0.4, -0.2) is 44.0 Å². The van der Waals surface area contributed by atoms with E-state index in [1.54, 1.807) is 17.4 Å². The molecule has 1 saturated heterocycles. The lowest BCUT2D eigenvalue weighted by Crippen LogP contribution is -2.44. The number of hydrogen-bond donors (Lipinski definition) is 1. The van der Waals surface area contributed by atoms with Crippen molar-refractivity contribution in [1.29, 1.82) is 0 Å². The minimum atomic E-state index is -0.154. The highest BCUT2D eigenvalue weighted by Gasteiger charge is 2.17. The van der Waals surface area contributed by atoms with Gasteiger partial charge in [0, 0.05) is 37.3 Å². The van der Waals surface area contributed by atoms with Crippen molar-refractivity contribution in [3.05, 3.63) is 51.7 Å². The summed E-state index contributed by atoms with van der Waals surface area (Å²) in [6, 6.07) is 7.63. The van der Waals surface area contributed by atoms with Crippen molar-refractivity contribution in [1.82, 2.24) is 4.90 Å². The summed E-state index contributed by atoms with van der Waals surface area (Å²) in [5.41, 5.74) is 2.80. The molecule has 1 aromatic heterocycles. The van der Waals surface area contributed by atoms with E-state index in [-0.39, 0.29) is 5.91 Å². The average molecular weight is 362 g/mol. The second-order valence-electron chi connectivity index (χ2n) is 5.83. The van der Waals surface area contributed by atoms with E-state index >= 15 is 0 Å². The first-order chi connectivity index (χ1) is 11.6. The number of piperazine rings is 1. The molecule has 24 heavy (non-hydrogen) atoms. The fraction of sp³-hybridized carbons (Fsp3) is 0.278. The molecule has 0 atom stereocenters. The van der Waals surface area contributed by atoms with E-state index in [9.17, 15) is 4.79 Å². The molecule has 3 rings (SSSR count). The maximum Gasteiger partial charge on any atom is 0.248 e. The lowest BCUT2D eigenvalue weighted by molar-refractivity contribution is -0.111. The molecule has 1 aliphatic rings. The molecule has 0 radical (unpaired) electrons. The normalized spacial score (nSPS) is 15.8. The molecule has 1 aliphatic heterocycles. The molecule has 0 unspecified atom stereocenters. The Morgan fingerprint density at radius 3 is 2.75 bits per heavy atom. The van der Waals surface area contributed by atoms with Crippen LogP contribution in [0.1, 0.15) is 5.56 Å². The van der Waals surface area contributed by atoms with Gasteiger partial charge >= 0.3 is 0 Å². The van der Waals surface area contributed by atoms with Gasteiger partial charge in [-0.1, -0.05) is 11.6 Å². The number of carbonyl (C=O) groups is 1. The largest absolute Gasteiger partial charge is 0.367 e. The second-order valence-corrected chi connectivity index (χ2v) is 7.05. The van der Waals surface area contributed by atoms with Crippen LogP contribution in [0.3, 0.4) is 0 Å². The summed E-state index contributed by atoms with van der Waals surface area (Å²) < 4.78 is 0. The van der Waals surface area contributed by atoms with Crippen molar-refractivity contribution in [2.24, 2.45) is 0 Å². The summed E-state index contributed by atoms with van der Waals surface area (Å²) >= 11 is 7.73. The second kappa shape index (κ2) is 7.83. The highest BCUT2D eigenvalue weighted by molar-refractivity contribution is 7.08. The third kappa shape index (κ3) is 4.38. The van der Waals surface area contributed by atoms with Crippen molar-refractivity contribution >= 4 is 46.3 Å². The van der Waals surface area contributed by atoms with Crippen molar-refractivity contribution in [2.45, 2.75) is 0 Å². The number of thiophene rings is 1. The van der Waals surface area contributed by atoms with Crippen LogP contribution < -0.4 is 10.2 Å². The Kier molecular flexibility index (Phi) is 5.56.